The third-order valence-electron chi connectivity index (χ3n) is 3.78. The summed E-state index contributed by atoms with van der Waals surface area (Å²) in [5.41, 5.74) is 0. The highest BCUT2D eigenvalue weighted by atomic mass is 16.3. The molecular formula is C12H20N2O3. The van der Waals surface area contributed by atoms with Gasteiger partial charge in [0.2, 0.25) is 11.8 Å². The number of likely N-dealkylation sites (N-methyl/N-ethyl adjacent to an activating group) is 1. The number of aliphatic hydroxyl groups is 1. The Balaban J connectivity index is 1.87. The second-order valence-electron chi connectivity index (χ2n) is 5.05. The van der Waals surface area contributed by atoms with Crippen molar-refractivity contribution < 1.29 is 14.7 Å². The van der Waals surface area contributed by atoms with Crippen molar-refractivity contribution in [3.8, 4) is 0 Å². The van der Waals surface area contributed by atoms with Crippen molar-refractivity contribution in [1.82, 2.24) is 10.2 Å². The molecule has 0 aromatic heterocycles. The van der Waals surface area contributed by atoms with Crippen LogP contribution in [0.25, 0.3) is 0 Å². The molecule has 17 heavy (non-hydrogen) atoms. The van der Waals surface area contributed by atoms with Gasteiger partial charge in [-0.2, -0.15) is 0 Å². The van der Waals surface area contributed by atoms with E-state index in [9.17, 15) is 14.7 Å². The lowest BCUT2D eigenvalue weighted by Crippen LogP contribution is -2.54. The van der Waals surface area contributed by atoms with E-state index in [0.717, 1.165) is 25.7 Å². The van der Waals surface area contributed by atoms with Gasteiger partial charge >= 0.3 is 0 Å². The van der Waals surface area contributed by atoms with Crippen molar-refractivity contribution in [3.05, 3.63) is 0 Å². The number of nitrogens with one attached hydrogen (secondary N) is 1. The highest BCUT2D eigenvalue weighted by molar-refractivity contribution is 6.00. The lowest BCUT2D eigenvalue weighted by molar-refractivity contribution is -0.148. The topological polar surface area (TPSA) is 69.6 Å². The summed E-state index contributed by atoms with van der Waals surface area (Å²) >= 11 is 0. The fourth-order valence-electron chi connectivity index (χ4n) is 2.60. The van der Waals surface area contributed by atoms with Gasteiger partial charge in [-0.05, 0) is 32.1 Å². The number of likely N-dealkylation sites (tertiary alicyclic amines) is 1. The van der Waals surface area contributed by atoms with E-state index in [-0.39, 0.29) is 24.0 Å². The SMILES string of the molecule is CN1C(=O)CCC(NC2CCC(O)CC2)C1=O. The maximum absolute atomic E-state index is 11.9. The molecule has 1 atom stereocenters. The van der Waals surface area contributed by atoms with Gasteiger partial charge in [0.15, 0.2) is 0 Å². The van der Waals surface area contributed by atoms with Gasteiger partial charge in [0.25, 0.3) is 0 Å². The van der Waals surface area contributed by atoms with Crippen molar-refractivity contribution in [2.75, 3.05) is 7.05 Å². The molecule has 2 N–H and O–H groups in total. The first-order valence-corrected chi connectivity index (χ1v) is 6.32. The largest absolute Gasteiger partial charge is 0.393 e. The number of hydrogen-bond acceptors (Lipinski definition) is 4. The smallest absolute Gasteiger partial charge is 0.246 e. The van der Waals surface area contributed by atoms with Crippen LogP contribution in [0.4, 0.5) is 0 Å². The molecule has 1 saturated heterocycles. The van der Waals surface area contributed by atoms with Crippen LogP contribution in [-0.2, 0) is 9.59 Å². The average Bonchev–Trinajstić information content (AvgIpc) is 2.33. The van der Waals surface area contributed by atoms with Gasteiger partial charge in [-0.1, -0.05) is 0 Å². The van der Waals surface area contributed by atoms with Crippen molar-refractivity contribution in [2.45, 2.75) is 56.7 Å². The lowest BCUT2D eigenvalue weighted by Gasteiger charge is -2.33. The van der Waals surface area contributed by atoms with Crippen LogP contribution >= 0.6 is 0 Å². The Kier molecular flexibility index (Phi) is 3.79. The van der Waals surface area contributed by atoms with E-state index in [4.69, 9.17) is 0 Å². The van der Waals surface area contributed by atoms with Gasteiger partial charge in [-0.3, -0.25) is 14.5 Å². The Morgan fingerprint density at radius 3 is 2.47 bits per heavy atom. The van der Waals surface area contributed by atoms with Gasteiger partial charge in [-0.25, -0.2) is 0 Å². The molecule has 1 unspecified atom stereocenters. The third-order valence-corrected chi connectivity index (χ3v) is 3.78. The molecule has 96 valence electrons. The predicted molar refractivity (Wildman–Crippen MR) is 62.2 cm³/mol. The minimum Gasteiger partial charge on any atom is -0.393 e. The first-order valence-electron chi connectivity index (χ1n) is 6.32. The highest BCUT2D eigenvalue weighted by Gasteiger charge is 2.33. The second kappa shape index (κ2) is 5.14. The molecular weight excluding hydrogens is 220 g/mol. The van der Waals surface area contributed by atoms with E-state index in [1.54, 1.807) is 7.05 Å². The molecule has 0 aromatic carbocycles. The van der Waals surface area contributed by atoms with Crippen LogP contribution in [0.2, 0.25) is 0 Å². The molecule has 2 rings (SSSR count). The number of carbonyl (C=O) groups excluding carboxylic acids is 2. The first kappa shape index (κ1) is 12.5. The van der Waals surface area contributed by atoms with Crippen LogP contribution in [0.1, 0.15) is 38.5 Å². The molecule has 5 nitrogen and oxygen atoms in total. The van der Waals surface area contributed by atoms with Crippen molar-refractivity contribution in [2.24, 2.45) is 0 Å². The Hall–Kier alpha value is -0.940. The van der Waals surface area contributed by atoms with E-state index in [1.165, 1.54) is 4.90 Å². The number of piperidine rings is 1. The molecule has 0 spiro atoms. The van der Waals surface area contributed by atoms with E-state index in [1.807, 2.05) is 0 Å². The molecule has 1 heterocycles. The molecule has 2 amide bonds. The quantitative estimate of drug-likeness (QED) is 0.668. The van der Waals surface area contributed by atoms with Crippen molar-refractivity contribution >= 4 is 11.8 Å². The van der Waals surface area contributed by atoms with Crippen LogP contribution in [0, 0.1) is 0 Å². The van der Waals surface area contributed by atoms with Crippen LogP contribution in [0.5, 0.6) is 0 Å². The van der Waals surface area contributed by atoms with E-state index in [0.29, 0.717) is 18.9 Å². The molecule has 1 saturated carbocycles. The second-order valence-corrected chi connectivity index (χ2v) is 5.05. The summed E-state index contributed by atoms with van der Waals surface area (Å²) in [6.45, 7) is 0. The summed E-state index contributed by atoms with van der Waals surface area (Å²) in [4.78, 5) is 24.4. The van der Waals surface area contributed by atoms with E-state index >= 15 is 0 Å². The fourth-order valence-corrected chi connectivity index (χ4v) is 2.60. The first-order chi connectivity index (χ1) is 8.08. The number of aliphatic hydroxyl groups excluding tert-OH is 1. The standard InChI is InChI=1S/C12H20N2O3/c1-14-11(16)7-6-10(12(14)17)13-8-2-4-9(15)5-3-8/h8-10,13,15H,2-7H2,1H3. The number of nitrogens with zero attached hydrogens (tertiary/aromatic N) is 1. The maximum atomic E-state index is 11.9. The van der Waals surface area contributed by atoms with Gasteiger partial charge in [0.1, 0.15) is 0 Å². The Morgan fingerprint density at radius 1 is 1.18 bits per heavy atom. The number of imide groups is 1. The summed E-state index contributed by atoms with van der Waals surface area (Å²) in [7, 11) is 1.54. The Bertz CT molecular complexity index is 311. The molecule has 0 bridgehead atoms. The molecule has 5 heteroatoms. The maximum Gasteiger partial charge on any atom is 0.246 e. The van der Waals surface area contributed by atoms with E-state index < -0.39 is 0 Å². The van der Waals surface area contributed by atoms with Gasteiger partial charge in [-0.15, -0.1) is 0 Å². The lowest BCUT2D eigenvalue weighted by atomic mass is 9.91. The molecule has 0 aromatic rings. The summed E-state index contributed by atoms with van der Waals surface area (Å²) in [6, 6.07) is 0.0758. The molecule has 2 aliphatic rings. The minimum atomic E-state index is -0.224. The third kappa shape index (κ3) is 2.84. The summed E-state index contributed by atoms with van der Waals surface area (Å²) in [6.07, 6.45) is 4.27. The molecule has 0 radical (unpaired) electrons. The van der Waals surface area contributed by atoms with Crippen LogP contribution in [0.3, 0.4) is 0 Å². The molecule has 1 aliphatic heterocycles. The number of hydrogen-bond donors (Lipinski definition) is 2. The van der Waals surface area contributed by atoms with E-state index in [2.05, 4.69) is 5.32 Å². The van der Waals surface area contributed by atoms with Crippen LogP contribution in [-0.4, -0.2) is 47.1 Å². The summed E-state index contributed by atoms with van der Waals surface area (Å²) in [5.74, 6) is -0.209. The Labute approximate surface area is 101 Å². The highest BCUT2D eigenvalue weighted by Crippen LogP contribution is 2.20. The van der Waals surface area contributed by atoms with Gasteiger partial charge in [0, 0.05) is 19.5 Å². The zero-order valence-corrected chi connectivity index (χ0v) is 10.2. The zero-order valence-electron chi connectivity index (χ0n) is 10.2. The minimum absolute atomic E-state index is 0.0906. The summed E-state index contributed by atoms with van der Waals surface area (Å²) in [5, 5.41) is 12.7. The monoisotopic (exact) mass is 240 g/mol. The van der Waals surface area contributed by atoms with Crippen molar-refractivity contribution in [3.63, 3.8) is 0 Å². The number of rotatable bonds is 2. The average molecular weight is 240 g/mol. The normalized spacial score (nSPS) is 35.2. The molecule has 2 fully saturated rings. The number of amides is 2. The fraction of sp³-hybridized carbons (Fsp3) is 0.833. The van der Waals surface area contributed by atoms with Gasteiger partial charge < -0.3 is 10.4 Å². The number of carbonyl (C=O) groups is 2. The zero-order chi connectivity index (χ0) is 12.4. The summed E-state index contributed by atoms with van der Waals surface area (Å²) < 4.78 is 0. The van der Waals surface area contributed by atoms with Gasteiger partial charge in [0.05, 0.1) is 12.1 Å². The Morgan fingerprint density at radius 2 is 1.82 bits per heavy atom. The molecule has 1 aliphatic carbocycles. The van der Waals surface area contributed by atoms with Crippen LogP contribution < -0.4 is 5.32 Å². The van der Waals surface area contributed by atoms with Crippen LogP contribution in [0.15, 0.2) is 0 Å². The predicted octanol–water partition coefficient (Wildman–Crippen LogP) is 0.0269. The van der Waals surface area contributed by atoms with Crippen molar-refractivity contribution in [1.29, 1.82) is 0 Å².